The molecular formula is C16H16Cl2Zr. The average Bonchev–Trinajstić information content (AvgIpc) is 2.88. The molecule has 0 saturated heterocycles. The predicted octanol–water partition coefficient (Wildman–Crippen LogP) is -1.41. The zero-order valence-electron chi connectivity index (χ0n) is 11.0. The van der Waals surface area contributed by atoms with E-state index in [1.54, 1.807) is 0 Å². The maximum absolute atomic E-state index is 2.24. The van der Waals surface area contributed by atoms with Crippen molar-refractivity contribution in [1.29, 1.82) is 0 Å². The minimum absolute atomic E-state index is 0. The van der Waals surface area contributed by atoms with Gasteiger partial charge in [0.25, 0.3) is 0 Å². The summed E-state index contributed by atoms with van der Waals surface area (Å²) in [4.78, 5) is 0. The molecule has 0 nitrogen and oxygen atoms in total. The monoisotopic (exact) mass is 368 g/mol. The Bertz CT molecular complexity index is 536. The molecule has 3 rings (SSSR count). The first-order valence-electron chi connectivity index (χ1n) is 5.57. The molecule has 0 fully saturated rings. The van der Waals surface area contributed by atoms with Crippen LogP contribution in [0.2, 0.25) is 0 Å². The van der Waals surface area contributed by atoms with Crippen LogP contribution in [0.3, 0.4) is 0 Å². The predicted molar refractivity (Wildman–Crippen MR) is 71.1 cm³/mol. The van der Waals surface area contributed by atoms with Crippen molar-refractivity contribution in [3.8, 4) is 0 Å². The number of rotatable bonds is 0. The number of hydrogen-bond acceptors (Lipinski definition) is 0. The van der Waals surface area contributed by atoms with Crippen molar-refractivity contribution in [3.63, 3.8) is 0 Å². The first-order chi connectivity index (χ1) is 7.77. The van der Waals surface area contributed by atoms with Gasteiger partial charge in [0.05, 0.1) is 0 Å². The fourth-order valence-electron chi connectivity index (χ4n) is 1.86. The standard InChI is InChI=1S/C11H11.C5H5.2ClH.Zr/c1-8-6-10-5-3-4-9(2)11(10)7-8;1-2-4-5-3-1;;;/h3-7H,1-2H3;1-5H;2*1H;/q2*-1;;;+4/p-2. The zero-order chi connectivity index (χ0) is 11.4. The molecule has 3 aromatic rings. The summed E-state index contributed by atoms with van der Waals surface area (Å²) in [7, 11) is 0. The molecule has 19 heavy (non-hydrogen) atoms. The van der Waals surface area contributed by atoms with Crippen LogP contribution in [0.4, 0.5) is 0 Å². The number of benzene rings is 1. The van der Waals surface area contributed by atoms with Gasteiger partial charge >= 0.3 is 26.2 Å². The second-order valence-corrected chi connectivity index (χ2v) is 4.07. The molecule has 0 N–H and O–H groups in total. The van der Waals surface area contributed by atoms with Gasteiger partial charge < -0.3 is 24.8 Å². The first kappa shape index (κ1) is 21.0. The number of halogens is 2. The maximum atomic E-state index is 2.24. The molecule has 0 aromatic heterocycles. The van der Waals surface area contributed by atoms with E-state index < -0.39 is 0 Å². The third-order valence-electron chi connectivity index (χ3n) is 2.67. The van der Waals surface area contributed by atoms with Crippen LogP contribution in [0.1, 0.15) is 11.1 Å². The number of aryl methyl sites for hydroxylation is 2. The third-order valence-corrected chi connectivity index (χ3v) is 2.67. The average molecular weight is 370 g/mol. The summed E-state index contributed by atoms with van der Waals surface area (Å²) in [6.45, 7) is 4.29. The van der Waals surface area contributed by atoms with Crippen molar-refractivity contribution in [2.24, 2.45) is 0 Å². The number of fused-ring (bicyclic) bond motifs is 1. The Balaban J connectivity index is 0. The van der Waals surface area contributed by atoms with Gasteiger partial charge in [-0.25, -0.2) is 12.1 Å². The first-order valence-corrected chi connectivity index (χ1v) is 5.57. The molecule has 0 aliphatic carbocycles. The number of hydrogen-bond donors (Lipinski definition) is 0. The van der Waals surface area contributed by atoms with Gasteiger partial charge in [0.15, 0.2) is 0 Å². The molecular weight excluding hydrogens is 354 g/mol. The molecule has 0 spiro atoms. The molecule has 0 aliphatic heterocycles. The molecule has 0 atom stereocenters. The van der Waals surface area contributed by atoms with E-state index in [0.29, 0.717) is 0 Å². The van der Waals surface area contributed by atoms with Crippen molar-refractivity contribution in [3.05, 3.63) is 71.8 Å². The molecule has 3 heteroatoms. The second kappa shape index (κ2) is 10.4. The molecule has 0 bridgehead atoms. The maximum Gasteiger partial charge on any atom is 4.00 e. The molecule has 0 saturated carbocycles. The Kier molecular flexibility index (Phi) is 11.5. The minimum Gasteiger partial charge on any atom is -1.00 e. The molecule has 0 amide bonds. The van der Waals surface area contributed by atoms with Crippen LogP contribution in [0, 0.1) is 13.8 Å². The van der Waals surface area contributed by atoms with Crippen LogP contribution in [0.15, 0.2) is 60.7 Å². The summed E-state index contributed by atoms with van der Waals surface area (Å²) in [5.41, 5.74) is 2.73. The van der Waals surface area contributed by atoms with Crippen LogP contribution in [0.5, 0.6) is 0 Å². The second-order valence-electron chi connectivity index (χ2n) is 4.07. The molecule has 0 unspecified atom stereocenters. The molecule has 0 aliphatic rings. The van der Waals surface area contributed by atoms with E-state index in [-0.39, 0.29) is 51.0 Å². The SMILES string of the molecule is Cc1cc2cccc(C)c2[cH-]1.[Cl-].[Cl-].[Zr+4].c1cc[cH-]c1. The van der Waals surface area contributed by atoms with E-state index in [1.807, 2.05) is 30.3 Å². The molecule has 0 heterocycles. The summed E-state index contributed by atoms with van der Waals surface area (Å²) in [5, 5.41) is 2.76. The van der Waals surface area contributed by atoms with Crippen LogP contribution in [-0.2, 0) is 26.2 Å². The molecule has 98 valence electrons. The van der Waals surface area contributed by atoms with Crippen molar-refractivity contribution >= 4 is 10.8 Å². The van der Waals surface area contributed by atoms with Gasteiger partial charge in [0, 0.05) is 0 Å². The van der Waals surface area contributed by atoms with E-state index in [1.165, 1.54) is 21.9 Å². The summed E-state index contributed by atoms with van der Waals surface area (Å²) >= 11 is 0. The van der Waals surface area contributed by atoms with E-state index in [0.717, 1.165) is 0 Å². The fraction of sp³-hybridized carbons (Fsp3) is 0.125. The van der Waals surface area contributed by atoms with E-state index >= 15 is 0 Å². The summed E-state index contributed by atoms with van der Waals surface area (Å²) in [6, 6.07) is 20.9. The topological polar surface area (TPSA) is 0 Å². The van der Waals surface area contributed by atoms with E-state index in [9.17, 15) is 0 Å². The van der Waals surface area contributed by atoms with Crippen molar-refractivity contribution in [2.45, 2.75) is 13.8 Å². The smallest absolute Gasteiger partial charge is 1.00 e. The third kappa shape index (κ3) is 6.08. The van der Waals surface area contributed by atoms with Crippen molar-refractivity contribution in [1.82, 2.24) is 0 Å². The van der Waals surface area contributed by atoms with Crippen LogP contribution >= 0.6 is 0 Å². The van der Waals surface area contributed by atoms with Gasteiger partial charge in [-0.3, -0.25) is 0 Å². The van der Waals surface area contributed by atoms with Gasteiger partial charge in [-0.15, -0.1) is 40.1 Å². The zero-order valence-corrected chi connectivity index (χ0v) is 15.0. The van der Waals surface area contributed by atoms with E-state index in [2.05, 4.69) is 44.2 Å². The summed E-state index contributed by atoms with van der Waals surface area (Å²) in [5.74, 6) is 0. The van der Waals surface area contributed by atoms with Crippen LogP contribution in [-0.4, -0.2) is 0 Å². The van der Waals surface area contributed by atoms with Crippen LogP contribution in [0.25, 0.3) is 10.8 Å². The minimum atomic E-state index is 0. The van der Waals surface area contributed by atoms with Crippen LogP contribution < -0.4 is 24.8 Å². The van der Waals surface area contributed by atoms with Crippen molar-refractivity contribution < 1.29 is 51.0 Å². The molecule has 3 aromatic carbocycles. The summed E-state index contributed by atoms with van der Waals surface area (Å²) < 4.78 is 0. The molecule has 0 radical (unpaired) electrons. The largest absolute Gasteiger partial charge is 4.00 e. The normalized spacial score (nSPS) is 8.32. The van der Waals surface area contributed by atoms with Gasteiger partial charge in [0.1, 0.15) is 0 Å². The Labute approximate surface area is 146 Å². The summed E-state index contributed by atoms with van der Waals surface area (Å²) in [6.07, 6.45) is 0. The van der Waals surface area contributed by atoms with Gasteiger partial charge in [0.2, 0.25) is 0 Å². The Morgan fingerprint density at radius 2 is 1.53 bits per heavy atom. The van der Waals surface area contributed by atoms with Gasteiger partial charge in [-0.1, -0.05) is 19.9 Å². The van der Waals surface area contributed by atoms with E-state index in [4.69, 9.17) is 0 Å². The Hall–Kier alpha value is -0.357. The van der Waals surface area contributed by atoms with Gasteiger partial charge in [-0.2, -0.15) is 24.3 Å². The Morgan fingerprint density at radius 1 is 0.895 bits per heavy atom. The quantitative estimate of drug-likeness (QED) is 0.427. The van der Waals surface area contributed by atoms with Gasteiger partial charge in [-0.05, 0) is 0 Å². The van der Waals surface area contributed by atoms with Crippen molar-refractivity contribution in [2.75, 3.05) is 0 Å². The Morgan fingerprint density at radius 3 is 2.00 bits per heavy atom. The fourth-order valence-corrected chi connectivity index (χ4v) is 1.86.